The Morgan fingerprint density at radius 2 is 1.82 bits per heavy atom. The molecular formula is C26H27FN4O2. The number of nitrogens with zero attached hydrogens (tertiary/aromatic N) is 3. The molecule has 2 aromatic carbocycles. The standard InChI is InChI=1S/C26H27FN4O2/c1-18-6-5-9-22(16-18)31(26(33)23-17-28-14-15-29-23)24(19-10-12-20(27)13-11-19)25(32)30-21-7-3-2-4-8-21/h5-6,9-17,21,24H,2-4,7-8H2,1H3,(H,30,32)/t24-/m0/s1. The lowest BCUT2D eigenvalue weighted by Gasteiger charge is -2.33. The van der Waals surface area contributed by atoms with E-state index in [-0.39, 0.29) is 17.6 Å². The molecule has 3 aromatic rings. The summed E-state index contributed by atoms with van der Waals surface area (Å²) in [5, 5.41) is 3.14. The van der Waals surface area contributed by atoms with Gasteiger partial charge in [-0.1, -0.05) is 43.5 Å². The van der Waals surface area contributed by atoms with Gasteiger partial charge in [-0.2, -0.15) is 0 Å². The Kier molecular flexibility index (Phi) is 7.07. The molecule has 0 spiro atoms. The zero-order valence-corrected chi connectivity index (χ0v) is 18.6. The summed E-state index contributed by atoms with van der Waals surface area (Å²) in [5.74, 6) is -1.17. The lowest BCUT2D eigenvalue weighted by molar-refractivity contribution is -0.123. The number of hydrogen-bond donors (Lipinski definition) is 1. The molecule has 170 valence electrons. The molecule has 0 saturated heterocycles. The Labute approximate surface area is 192 Å². The number of anilines is 1. The van der Waals surface area contributed by atoms with Gasteiger partial charge in [0.05, 0.1) is 6.20 Å². The third-order valence-electron chi connectivity index (χ3n) is 5.92. The smallest absolute Gasteiger partial charge is 0.279 e. The minimum atomic E-state index is -0.996. The molecule has 7 heteroatoms. The predicted molar refractivity (Wildman–Crippen MR) is 124 cm³/mol. The number of halogens is 1. The minimum absolute atomic E-state index is 0.0557. The Hall–Kier alpha value is -3.61. The lowest BCUT2D eigenvalue weighted by Crippen LogP contribution is -2.47. The second kappa shape index (κ2) is 10.3. The van der Waals surface area contributed by atoms with E-state index in [4.69, 9.17) is 0 Å². The average molecular weight is 447 g/mol. The van der Waals surface area contributed by atoms with Crippen LogP contribution in [0.2, 0.25) is 0 Å². The highest BCUT2D eigenvalue weighted by Gasteiger charge is 2.35. The highest BCUT2D eigenvalue weighted by molar-refractivity contribution is 6.09. The molecule has 1 saturated carbocycles. The number of nitrogens with one attached hydrogen (secondary N) is 1. The molecule has 0 unspecified atom stereocenters. The fourth-order valence-corrected chi connectivity index (χ4v) is 4.28. The molecule has 4 rings (SSSR count). The van der Waals surface area contributed by atoms with Crippen molar-refractivity contribution >= 4 is 17.5 Å². The van der Waals surface area contributed by atoms with Gasteiger partial charge in [-0.3, -0.25) is 19.5 Å². The van der Waals surface area contributed by atoms with Crippen LogP contribution in [0.1, 0.15) is 59.8 Å². The molecule has 1 aliphatic carbocycles. The monoisotopic (exact) mass is 446 g/mol. The molecule has 6 nitrogen and oxygen atoms in total. The summed E-state index contributed by atoms with van der Waals surface area (Å²) in [7, 11) is 0. The summed E-state index contributed by atoms with van der Waals surface area (Å²) in [6, 6.07) is 12.1. The summed E-state index contributed by atoms with van der Waals surface area (Å²) in [6.07, 6.45) is 9.41. The predicted octanol–water partition coefficient (Wildman–Crippen LogP) is 4.76. The molecule has 1 N–H and O–H groups in total. The van der Waals surface area contributed by atoms with Crippen molar-refractivity contribution in [1.29, 1.82) is 0 Å². The zero-order valence-electron chi connectivity index (χ0n) is 18.6. The number of hydrogen-bond acceptors (Lipinski definition) is 4. The first-order chi connectivity index (χ1) is 16.0. The largest absolute Gasteiger partial charge is 0.351 e. The van der Waals surface area contributed by atoms with Gasteiger partial charge >= 0.3 is 0 Å². The van der Waals surface area contributed by atoms with E-state index < -0.39 is 17.8 Å². The number of rotatable bonds is 6. The number of aryl methyl sites for hydroxylation is 1. The highest BCUT2D eigenvalue weighted by Crippen LogP contribution is 2.31. The molecular weight excluding hydrogens is 419 g/mol. The van der Waals surface area contributed by atoms with Crippen molar-refractivity contribution in [3.8, 4) is 0 Å². The van der Waals surface area contributed by atoms with Crippen LogP contribution in [0, 0.1) is 12.7 Å². The first-order valence-electron chi connectivity index (χ1n) is 11.2. The number of carbonyl (C=O) groups excluding carboxylic acids is 2. The SMILES string of the molecule is Cc1cccc(N(C(=O)c2cnccn2)[C@H](C(=O)NC2CCCCC2)c2ccc(F)cc2)c1. The molecule has 2 amide bonds. The van der Waals surface area contributed by atoms with Gasteiger partial charge in [0.1, 0.15) is 17.6 Å². The number of carbonyl (C=O) groups is 2. The summed E-state index contributed by atoms with van der Waals surface area (Å²) >= 11 is 0. The van der Waals surface area contributed by atoms with Crippen LogP contribution in [0.15, 0.2) is 67.1 Å². The molecule has 1 aliphatic rings. The Morgan fingerprint density at radius 3 is 2.48 bits per heavy atom. The second-order valence-corrected chi connectivity index (χ2v) is 8.40. The maximum Gasteiger partial charge on any atom is 0.279 e. The van der Waals surface area contributed by atoms with Gasteiger partial charge in [0, 0.05) is 24.1 Å². The normalized spacial score (nSPS) is 15.0. The van der Waals surface area contributed by atoms with E-state index in [9.17, 15) is 14.0 Å². The Balaban J connectivity index is 1.80. The summed E-state index contributed by atoms with van der Waals surface area (Å²) in [6.45, 7) is 1.92. The van der Waals surface area contributed by atoms with Gasteiger partial charge in [-0.05, 0) is 55.2 Å². The van der Waals surface area contributed by atoms with Crippen LogP contribution in [-0.2, 0) is 4.79 Å². The summed E-state index contributed by atoms with van der Waals surface area (Å²) in [5.41, 5.74) is 2.13. The Bertz CT molecular complexity index is 1100. The molecule has 0 aliphatic heterocycles. The van der Waals surface area contributed by atoms with E-state index in [1.807, 2.05) is 25.1 Å². The van der Waals surface area contributed by atoms with Gasteiger partial charge in [-0.15, -0.1) is 0 Å². The molecule has 1 aromatic heterocycles. The minimum Gasteiger partial charge on any atom is -0.351 e. The molecule has 33 heavy (non-hydrogen) atoms. The third kappa shape index (κ3) is 5.42. The van der Waals surface area contributed by atoms with E-state index >= 15 is 0 Å². The van der Waals surface area contributed by atoms with Crippen molar-refractivity contribution in [2.24, 2.45) is 0 Å². The summed E-state index contributed by atoms with van der Waals surface area (Å²) < 4.78 is 13.7. The Morgan fingerprint density at radius 1 is 1.06 bits per heavy atom. The topological polar surface area (TPSA) is 75.2 Å². The van der Waals surface area contributed by atoms with Crippen molar-refractivity contribution < 1.29 is 14.0 Å². The van der Waals surface area contributed by atoms with Crippen LogP contribution < -0.4 is 10.2 Å². The van der Waals surface area contributed by atoms with Crippen molar-refractivity contribution in [3.63, 3.8) is 0 Å². The molecule has 0 bridgehead atoms. The van der Waals surface area contributed by atoms with Gasteiger partial charge in [-0.25, -0.2) is 9.37 Å². The van der Waals surface area contributed by atoms with Crippen molar-refractivity contribution in [2.75, 3.05) is 4.90 Å². The van der Waals surface area contributed by atoms with Crippen molar-refractivity contribution in [2.45, 2.75) is 51.1 Å². The van der Waals surface area contributed by atoms with Gasteiger partial charge in [0.15, 0.2) is 0 Å². The van der Waals surface area contributed by atoms with Crippen molar-refractivity contribution in [1.82, 2.24) is 15.3 Å². The van der Waals surface area contributed by atoms with E-state index in [0.717, 1.165) is 37.7 Å². The zero-order chi connectivity index (χ0) is 23.2. The quantitative estimate of drug-likeness (QED) is 0.592. The van der Waals surface area contributed by atoms with E-state index in [0.29, 0.717) is 11.3 Å². The highest BCUT2D eigenvalue weighted by atomic mass is 19.1. The number of amides is 2. The maximum absolute atomic E-state index is 13.7. The van der Waals surface area contributed by atoms with Gasteiger partial charge < -0.3 is 5.32 Å². The van der Waals surface area contributed by atoms with Crippen LogP contribution in [0.3, 0.4) is 0 Å². The number of benzene rings is 2. The van der Waals surface area contributed by atoms with E-state index in [2.05, 4.69) is 15.3 Å². The van der Waals surface area contributed by atoms with Crippen LogP contribution in [0.25, 0.3) is 0 Å². The molecule has 0 radical (unpaired) electrons. The van der Waals surface area contributed by atoms with Crippen LogP contribution in [0.4, 0.5) is 10.1 Å². The average Bonchev–Trinajstić information content (AvgIpc) is 2.84. The van der Waals surface area contributed by atoms with E-state index in [1.165, 1.54) is 35.6 Å². The molecule has 1 fully saturated rings. The third-order valence-corrected chi connectivity index (χ3v) is 5.92. The second-order valence-electron chi connectivity index (χ2n) is 8.40. The molecule has 1 heterocycles. The van der Waals surface area contributed by atoms with Crippen LogP contribution >= 0.6 is 0 Å². The van der Waals surface area contributed by atoms with Crippen molar-refractivity contribution in [3.05, 3.63) is 89.8 Å². The lowest BCUT2D eigenvalue weighted by atomic mass is 9.94. The maximum atomic E-state index is 13.7. The van der Waals surface area contributed by atoms with Gasteiger partial charge in [0.2, 0.25) is 5.91 Å². The van der Waals surface area contributed by atoms with Gasteiger partial charge in [0.25, 0.3) is 5.91 Å². The van der Waals surface area contributed by atoms with E-state index in [1.54, 1.807) is 18.2 Å². The first kappa shape index (κ1) is 22.6. The van der Waals surface area contributed by atoms with Crippen LogP contribution in [-0.4, -0.2) is 27.8 Å². The fourth-order valence-electron chi connectivity index (χ4n) is 4.28. The first-order valence-corrected chi connectivity index (χ1v) is 11.2. The fraction of sp³-hybridized carbons (Fsp3) is 0.308. The molecule has 1 atom stereocenters. The van der Waals surface area contributed by atoms with Crippen LogP contribution in [0.5, 0.6) is 0 Å². The summed E-state index contributed by atoms with van der Waals surface area (Å²) in [4.78, 5) is 37.0. The number of aromatic nitrogens is 2.